The van der Waals surface area contributed by atoms with E-state index in [0.717, 1.165) is 5.39 Å². The number of carbonyl (C=O) groups is 1. The monoisotopic (exact) mass is 188 g/mol. The highest BCUT2D eigenvalue weighted by molar-refractivity contribution is 5.85. The van der Waals surface area contributed by atoms with E-state index in [0.29, 0.717) is 17.6 Å². The van der Waals surface area contributed by atoms with E-state index in [2.05, 4.69) is 9.97 Å². The third kappa shape index (κ3) is 1.31. The smallest absolute Gasteiger partial charge is 0.193 e. The summed E-state index contributed by atoms with van der Waals surface area (Å²) in [6.45, 7) is 0. The number of benzene rings is 1. The van der Waals surface area contributed by atoms with Gasteiger partial charge < -0.3 is 4.74 Å². The molecule has 0 aliphatic rings. The van der Waals surface area contributed by atoms with Gasteiger partial charge in [0.15, 0.2) is 12.1 Å². The molecule has 0 fully saturated rings. The predicted molar refractivity (Wildman–Crippen MR) is 51.5 cm³/mol. The number of hydrogen-bond acceptors (Lipinski definition) is 4. The van der Waals surface area contributed by atoms with Gasteiger partial charge in [-0.3, -0.25) is 4.79 Å². The minimum absolute atomic E-state index is 0.169. The van der Waals surface area contributed by atoms with Crippen molar-refractivity contribution in [3.05, 3.63) is 30.2 Å². The van der Waals surface area contributed by atoms with E-state index < -0.39 is 0 Å². The molecule has 0 radical (unpaired) electrons. The van der Waals surface area contributed by atoms with E-state index in [-0.39, 0.29) is 5.82 Å². The quantitative estimate of drug-likeness (QED) is 0.669. The number of carbonyl (C=O) groups excluding carboxylic acids is 1. The third-order valence-electron chi connectivity index (χ3n) is 1.92. The lowest BCUT2D eigenvalue weighted by Gasteiger charge is -2.03. The van der Waals surface area contributed by atoms with Gasteiger partial charge in [0.2, 0.25) is 0 Å². The molecule has 0 unspecified atom stereocenters. The van der Waals surface area contributed by atoms with Crippen LogP contribution in [0.3, 0.4) is 0 Å². The fourth-order valence-corrected chi connectivity index (χ4v) is 1.26. The Hall–Kier alpha value is -1.97. The van der Waals surface area contributed by atoms with Crippen molar-refractivity contribution in [1.82, 2.24) is 9.97 Å². The zero-order valence-corrected chi connectivity index (χ0v) is 7.60. The average molecular weight is 188 g/mol. The molecule has 0 atom stereocenters. The van der Waals surface area contributed by atoms with Crippen molar-refractivity contribution < 1.29 is 9.53 Å². The molecule has 4 nitrogen and oxygen atoms in total. The number of nitrogens with zero attached hydrogens (tertiary/aromatic N) is 2. The van der Waals surface area contributed by atoms with Crippen LogP contribution in [0.4, 0.5) is 0 Å². The molecule has 0 amide bonds. The molecule has 0 saturated carbocycles. The number of fused-ring (bicyclic) bond motifs is 1. The second-order valence-electron chi connectivity index (χ2n) is 2.74. The Morgan fingerprint density at radius 1 is 1.43 bits per heavy atom. The maximum absolute atomic E-state index is 10.5. The number of rotatable bonds is 2. The minimum atomic E-state index is 0.169. The molecule has 0 saturated heterocycles. The normalized spacial score (nSPS) is 10.1. The van der Waals surface area contributed by atoms with Crippen molar-refractivity contribution >= 4 is 17.2 Å². The third-order valence-corrected chi connectivity index (χ3v) is 1.92. The minimum Gasteiger partial charge on any atom is -0.494 e. The second kappa shape index (κ2) is 3.41. The summed E-state index contributed by atoms with van der Waals surface area (Å²) in [5, 5.41) is 0.856. The van der Waals surface area contributed by atoms with E-state index in [1.807, 2.05) is 12.1 Å². The standard InChI is InChI=1S/C10H8N2O2/c1-14-8-4-2-3-7-5-11-9(6-13)12-10(7)8/h2-6H,1H3. The van der Waals surface area contributed by atoms with Crippen LogP contribution in [0.2, 0.25) is 0 Å². The van der Waals surface area contributed by atoms with Crippen molar-refractivity contribution in [1.29, 1.82) is 0 Å². The molecule has 0 aliphatic heterocycles. The van der Waals surface area contributed by atoms with Gasteiger partial charge in [-0.1, -0.05) is 12.1 Å². The number of hydrogen-bond donors (Lipinski definition) is 0. The zero-order valence-electron chi connectivity index (χ0n) is 7.60. The number of aromatic nitrogens is 2. The molecule has 0 N–H and O–H groups in total. The number of ether oxygens (including phenoxy) is 1. The first-order valence-corrected chi connectivity index (χ1v) is 4.10. The molecule has 1 aromatic heterocycles. The summed E-state index contributed by atoms with van der Waals surface area (Å²) in [5.74, 6) is 0.815. The van der Waals surface area contributed by atoms with Crippen LogP contribution in [-0.4, -0.2) is 23.4 Å². The van der Waals surface area contributed by atoms with Crippen LogP contribution in [0, 0.1) is 0 Å². The fraction of sp³-hybridized carbons (Fsp3) is 0.100. The van der Waals surface area contributed by atoms with E-state index in [4.69, 9.17) is 4.74 Å². The van der Waals surface area contributed by atoms with E-state index >= 15 is 0 Å². The summed E-state index contributed by atoms with van der Waals surface area (Å²) < 4.78 is 5.12. The van der Waals surface area contributed by atoms with Crippen molar-refractivity contribution in [3.63, 3.8) is 0 Å². The fourth-order valence-electron chi connectivity index (χ4n) is 1.26. The van der Waals surface area contributed by atoms with Crippen LogP contribution in [0.15, 0.2) is 24.4 Å². The van der Waals surface area contributed by atoms with Crippen LogP contribution < -0.4 is 4.74 Å². The van der Waals surface area contributed by atoms with E-state index in [1.54, 1.807) is 19.4 Å². The Morgan fingerprint density at radius 2 is 2.29 bits per heavy atom. The topological polar surface area (TPSA) is 52.1 Å². The van der Waals surface area contributed by atoms with Crippen LogP contribution >= 0.6 is 0 Å². The van der Waals surface area contributed by atoms with E-state index in [9.17, 15) is 4.79 Å². The molecule has 70 valence electrons. The van der Waals surface area contributed by atoms with Crippen molar-refractivity contribution in [3.8, 4) is 5.75 Å². The van der Waals surface area contributed by atoms with E-state index in [1.165, 1.54) is 0 Å². The van der Waals surface area contributed by atoms with Crippen molar-refractivity contribution in [2.75, 3.05) is 7.11 Å². The Labute approximate surface area is 80.6 Å². The maximum Gasteiger partial charge on any atom is 0.193 e. The highest BCUT2D eigenvalue weighted by atomic mass is 16.5. The predicted octanol–water partition coefficient (Wildman–Crippen LogP) is 1.45. The molecule has 0 bridgehead atoms. The summed E-state index contributed by atoms with van der Waals surface area (Å²) in [5.41, 5.74) is 0.659. The molecule has 4 heteroatoms. The first-order chi connectivity index (χ1) is 6.85. The van der Waals surface area contributed by atoms with Crippen LogP contribution in [0.1, 0.15) is 10.6 Å². The SMILES string of the molecule is COc1cccc2cnc(C=O)nc12. The van der Waals surface area contributed by atoms with Gasteiger partial charge in [0.05, 0.1) is 7.11 Å². The lowest BCUT2D eigenvalue weighted by atomic mass is 10.2. The first kappa shape index (κ1) is 8.62. The number of aldehydes is 1. The molecule has 1 heterocycles. The Kier molecular flexibility index (Phi) is 2.10. The van der Waals surface area contributed by atoms with Gasteiger partial charge in [0.25, 0.3) is 0 Å². The van der Waals surface area contributed by atoms with Crippen LogP contribution in [0.5, 0.6) is 5.75 Å². The zero-order chi connectivity index (χ0) is 9.97. The van der Waals surface area contributed by atoms with Gasteiger partial charge in [-0.05, 0) is 6.07 Å². The van der Waals surface area contributed by atoms with Gasteiger partial charge in [-0.15, -0.1) is 0 Å². The average Bonchev–Trinajstić information content (AvgIpc) is 2.27. The van der Waals surface area contributed by atoms with Crippen LogP contribution in [0.25, 0.3) is 10.9 Å². The summed E-state index contributed by atoms with van der Waals surface area (Å²) in [4.78, 5) is 18.4. The molecule has 0 spiro atoms. The molecule has 2 rings (SSSR count). The Balaban J connectivity index is 2.76. The summed E-state index contributed by atoms with van der Waals surface area (Å²) in [6, 6.07) is 5.52. The highest BCUT2D eigenvalue weighted by Gasteiger charge is 2.03. The van der Waals surface area contributed by atoms with Gasteiger partial charge in [-0.25, -0.2) is 9.97 Å². The summed E-state index contributed by atoms with van der Waals surface area (Å²) in [7, 11) is 1.57. The molecular formula is C10H8N2O2. The van der Waals surface area contributed by atoms with Crippen molar-refractivity contribution in [2.45, 2.75) is 0 Å². The summed E-state index contributed by atoms with van der Waals surface area (Å²) in [6.07, 6.45) is 2.22. The second-order valence-corrected chi connectivity index (χ2v) is 2.74. The number of para-hydroxylation sites is 1. The van der Waals surface area contributed by atoms with Crippen molar-refractivity contribution in [2.24, 2.45) is 0 Å². The van der Waals surface area contributed by atoms with Gasteiger partial charge >= 0.3 is 0 Å². The lowest BCUT2D eigenvalue weighted by Crippen LogP contribution is -1.94. The summed E-state index contributed by atoms with van der Waals surface area (Å²) >= 11 is 0. The molecular weight excluding hydrogens is 180 g/mol. The molecule has 0 aliphatic carbocycles. The maximum atomic E-state index is 10.5. The van der Waals surface area contributed by atoms with Gasteiger partial charge in [-0.2, -0.15) is 0 Å². The molecule has 2 aromatic rings. The highest BCUT2D eigenvalue weighted by Crippen LogP contribution is 2.21. The van der Waals surface area contributed by atoms with Crippen LogP contribution in [-0.2, 0) is 0 Å². The first-order valence-electron chi connectivity index (χ1n) is 4.10. The Bertz CT molecular complexity index is 483. The lowest BCUT2D eigenvalue weighted by molar-refractivity contribution is 0.111. The number of methoxy groups -OCH3 is 1. The van der Waals surface area contributed by atoms with Gasteiger partial charge in [0.1, 0.15) is 11.3 Å². The largest absolute Gasteiger partial charge is 0.494 e. The molecule has 14 heavy (non-hydrogen) atoms. The Morgan fingerprint density at radius 3 is 3.00 bits per heavy atom. The van der Waals surface area contributed by atoms with Gasteiger partial charge in [0, 0.05) is 11.6 Å². The molecule has 1 aromatic carbocycles.